The summed E-state index contributed by atoms with van der Waals surface area (Å²) in [7, 11) is 0. The number of likely N-dealkylation sites (tertiary alicyclic amines) is 1. The Hall–Kier alpha value is -3.28. The lowest BCUT2D eigenvalue weighted by Crippen LogP contribution is -2.57. The van der Waals surface area contributed by atoms with Crippen LogP contribution in [0.5, 0.6) is 5.75 Å². The molecule has 2 aromatic rings. The van der Waals surface area contributed by atoms with E-state index in [4.69, 9.17) is 26.2 Å². The number of hydrogen-bond donors (Lipinski definition) is 1. The zero-order chi connectivity index (χ0) is 31.0. The number of carbonyl (C=O) groups is 2. The average molecular weight is 615 g/mol. The molecule has 3 atom stereocenters. The highest BCUT2D eigenvalue weighted by molar-refractivity contribution is 6.30. The lowest BCUT2D eigenvalue weighted by molar-refractivity contribution is -0.138. The molecule has 1 aromatic heterocycles. The predicted octanol–water partition coefficient (Wildman–Crippen LogP) is 6.97. The zero-order valence-electron chi connectivity index (χ0n) is 24.2. The summed E-state index contributed by atoms with van der Waals surface area (Å²) in [5.41, 5.74) is -0.504. The number of alkyl halides is 3. The third-order valence-corrected chi connectivity index (χ3v) is 7.34. The van der Waals surface area contributed by atoms with Gasteiger partial charge in [-0.1, -0.05) is 25.4 Å². The van der Waals surface area contributed by atoms with Crippen molar-refractivity contribution in [2.75, 3.05) is 11.5 Å². The molecule has 0 radical (unpaired) electrons. The minimum Gasteiger partial charge on any atom is -0.490 e. The molecule has 0 bridgehead atoms. The number of benzene rings is 1. The number of carbonyl (C=O) groups excluding carboxylic acids is 1. The van der Waals surface area contributed by atoms with Crippen molar-refractivity contribution in [2.24, 2.45) is 0 Å². The van der Waals surface area contributed by atoms with Gasteiger partial charge in [-0.15, -0.1) is 0 Å². The van der Waals surface area contributed by atoms with E-state index in [2.05, 4.69) is 9.97 Å². The maximum atomic E-state index is 13.6. The summed E-state index contributed by atoms with van der Waals surface area (Å²) in [6.45, 7) is 7.79. The Kier molecular flexibility index (Phi) is 11.7. The summed E-state index contributed by atoms with van der Waals surface area (Å²) in [4.78, 5) is 36.4. The minimum absolute atomic E-state index is 0.0325. The van der Waals surface area contributed by atoms with Crippen LogP contribution in [0.4, 0.5) is 23.9 Å². The number of amides is 1. The van der Waals surface area contributed by atoms with Gasteiger partial charge in [0.1, 0.15) is 0 Å². The van der Waals surface area contributed by atoms with Gasteiger partial charge in [0.25, 0.3) is 0 Å². The van der Waals surface area contributed by atoms with E-state index in [0.717, 1.165) is 12.1 Å². The van der Waals surface area contributed by atoms with E-state index in [9.17, 15) is 22.8 Å². The Labute approximate surface area is 249 Å². The van der Waals surface area contributed by atoms with Crippen LogP contribution in [-0.2, 0) is 22.3 Å². The van der Waals surface area contributed by atoms with Crippen LogP contribution in [0, 0.1) is 0 Å². The van der Waals surface area contributed by atoms with Gasteiger partial charge in [0.15, 0.2) is 5.75 Å². The number of carboxylic acids is 1. The van der Waals surface area contributed by atoms with Crippen molar-refractivity contribution < 1.29 is 37.3 Å². The molecule has 2 heterocycles. The summed E-state index contributed by atoms with van der Waals surface area (Å²) in [5, 5.41) is 8.77. The summed E-state index contributed by atoms with van der Waals surface area (Å²) in [6, 6.07) is 2.92. The standard InChI is InChI=1S/C29H38ClF3N4O5/c1-5-22-13-24(14-23(6-2)37(22)28(40)42-18(3)4)36(17-19-10-20(29(31,32)33)12-21(30)11-19)27-34-15-25(16-35-27)41-9-7-8-26(38)39/h10-12,15-16,18,22-24H,5-9,13-14,17H2,1-4H3,(H,38,39)/t22-,23+,24?. The molecule has 1 aliphatic heterocycles. The predicted molar refractivity (Wildman–Crippen MR) is 152 cm³/mol. The molecule has 42 heavy (non-hydrogen) atoms. The van der Waals surface area contributed by atoms with Gasteiger partial charge in [-0.05, 0) is 69.7 Å². The molecule has 1 aromatic carbocycles. The smallest absolute Gasteiger partial charge is 0.416 e. The Morgan fingerprint density at radius 1 is 1.12 bits per heavy atom. The third-order valence-electron chi connectivity index (χ3n) is 7.12. The number of anilines is 1. The molecule has 1 fully saturated rings. The highest BCUT2D eigenvalue weighted by Crippen LogP contribution is 2.36. The maximum absolute atomic E-state index is 13.6. The van der Waals surface area contributed by atoms with E-state index in [1.54, 1.807) is 18.7 Å². The lowest BCUT2D eigenvalue weighted by atomic mass is 9.87. The van der Waals surface area contributed by atoms with Gasteiger partial charge in [0.05, 0.1) is 30.7 Å². The van der Waals surface area contributed by atoms with Crippen LogP contribution < -0.4 is 9.64 Å². The van der Waals surface area contributed by atoms with Crippen LogP contribution in [0.25, 0.3) is 0 Å². The van der Waals surface area contributed by atoms with Crippen molar-refractivity contribution >= 4 is 29.6 Å². The lowest BCUT2D eigenvalue weighted by Gasteiger charge is -2.47. The molecule has 0 aliphatic carbocycles. The van der Waals surface area contributed by atoms with Crippen molar-refractivity contribution in [3.63, 3.8) is 0 Å². The number of halogens is 4. The van der Waals surface area contributed by atoms with E-state index in [1.807, 2.05) is 18.7 Å². The summed E-state index contributed by atoms with van der Waals surface area (Å²) >= 11 is 6.10. The SMILES string of the molecule is CC[C@@H]1CC(N(Cc2cc(Cl)cc(C(F)(F)F)c2)c2ncc(OCCCC(=O)O)cn2)C[C@H](CC)N1C(=O)OC(C)C. The third kappa shape index (κ3) is 9.11. The fraction of sp³-hybridized carbons (Fsp3) is 0.586. The Bertz CT molecular complexity index is 1180. The van der Waals surface area contributed by atoms with Crippen LogP contribution in [0.15, 0.2) is 30.6 Å². The summed E-state index contributed by atoms with van der Waals surface area (Å²) < 4.78 is 51.9. The molecule has 13 heteroatoms. The van der Waals surface area contributed by atoms with E-state index in [1.165, 1.54) is 18.5 Å². The molecule has 1 unspecified atom stereocenters. The van der Waals surface area contributed by atoms with E-state index in [0.29, 0.717) is 43.4 Å². The van der Waals surface area contributed by atoms with Gasteiger partial charge in [-0.3, -0.25) is 4.79 Å². The topological polar surface area (TPSA) is 105 Å². The molecule has 232 valence electrons. The molecular formula is C29H38ClF3N4O5. The van der Waals surface area contributed by atoms with Gasteiger partial charge in [-0.2, -0.15) is 13.2 Å². The Balaban J connectivity index is 1.94. The summed E-state index contributed by atoms with van der Waals surface area (Å²) in [6.07, 6.45) is 0.362. The van der Waals surface area contributed by atoms with Crippen LogP contribution >= 0.6 is 11.6 Å². The molecule has 0 saturated carbocycles. The first-order valence-electron chi connectivity index (χ1n) is 14.1. The maximum Gasteiger partial charge on any atom is 0.416 e. The van der Waals surface area contributed by atoms with Crippen molar-refractivity contribution in [1.82, 2.24) is 14.9 Å². The number of hydrogen-bond acceptors (Lipinski definition) is 7. The van der Waals surface area contributed by atoms with Gasteiger partial charge < -0.3 is 24.4 Å². The number of piperidine rings is 1. The van der Waals surface area contributed by atoms with Crippen LogP contribution in [0.1, 0.15) is 77.3 Å². The highest BCUT2D eigenvalue weighted by Gasteiger charge is 2.41. The van der Waals surface area contributed by atoms with E-state index >= 15 is 0 Å². The first-order valence-corrected chi connectivity index (χ1v) is 14.5. The van der Waals surface area contributed by atoms with Crippen LogP contribution in [0.3, 0.4) is 0 Å². The molecule has 3 rings (SSSR count). The summed E-state index contributed by atoms with van der Waals surface area (Å²) in [5.74, 6) is -0.292. The number of aliphatic carboxylic acids is 1. The van der Waals surface area contributed by atoms with Crippen molar-refractivity contribution in [1.29, 1.82) is 0 Å². The molecular weight excluding hydrogens is 577 g/mol. The Morgan fingerprint density at radius 3 is 2.26 bits per heavy atom. The molecule has 1 N–H and O–H groups in total. The zero-order valence-corrected chi connectivity index (χ0v) is 25.0. The van der Waals surface area contributed by atoms with Gasteiger partial charge >= 0.3 is 18.2 Å². The normalized spacial score (nSPS) is 19.1. The number of aromatic nitrogens is 2. The fourth-order valence-electron chi connectivity index (χ4n) is 5.20. The quantitative estimate of drug-likeness (QED) is 0.256. The van der Waals surface area contributed by atoms with Gasteiger partial charge in [0, 0.05) is 36.1 Å². The van der Waals surface area contributed by atoms with Crippen molar-refractivity contribution in [2.45, 2.75) is 103 Å². The van der Waals surface area contributed by atoms with Crippen LogP contribution in [-0.4, -0.2) is 62.9 Å². The van der Waals surface area contributed by atoms with Crippen molar-refractivity contribution in [3.8, 4) is 5.75 Å². The first kappa shape index (κ1) is 33.2. The van der Waals surface area contributed by atoms with Gasteiger partial charge in [0.2, 0.25) is 5.95 Å². The molecule has 1 amide bonds. The fourth-order valence-corrected chi connectivity index (χ4v) is 5.46. The number of carboxylic acid groups (broad SMARTS) is 1. The molecule has 0 spiro atoms. The monoisotopic (exact) mass is 614 g/mol. The second kappa shape index (κ2) is 14.8. The second-order valence-corrected chi connectivity index (χ2v) is 11.1. The number of ether oxygens (including phenoxy) is 2. The first-order chi connectivity index (χ1) is 19.8. The van der Waals surface area contributed by atoms with Crippen molar-refractivity contribution in [3.05, 3.63) is 46.7 Å². The average Bonchev–Trinajstić information content (AvgIpc) is 2.92. The highest BCUT2D eigenvalue weighted by atomic mass is 35.5. The van der Waals surface area contributed by atoms with E-state index in [-0.39, 0.29) is 60.9 Å². The second-order valence-electron chi connectivity index (χ2n) is 10.6. The largest absolute Gasteiger partial charge is 0.490 e. The molecule has 9 nitrogen and oxygen atoms in total. The molecule has 1 aliphatic rings. The number of rotatable bonds is 12. The van der Waals surface area contributed by atoms with Crippen LogP contribution in [0.2, 0.25) is 5.02 Å². The Morgan fingerprint density at radius 2 is 1.74 bits per heavy atom. The minimum atomic E-state index is -4.57. The number of nitrogens with zero attached hydrogens (tertiary/aromatic N) is 4. The van der Waals surface area contributed by atoms with Gasteiger partial charge in [-0.25, -0.2) is 14.8 Å². The molecule has 1 saturated heterocycles. The van der Waals surface area contributed by atoms with E-state index < -0.39 is 17.7 Å².